The minimum absolute atomic E-state index is 0.310. The molecular weight excluding hydrogens is 488 g/mol. The van der Waals surface area contributed by atoms with Crippen LogP contribution in [0.15, 0.2) is 0 Å². The zero-order valence-electron chi connectivity index (χ0n) is 21.7. The van der Waals surface area contributed by atoms with E-state index in [2.05, 4.69) is 10.6 Å². The van der Waals surface area contributed by atoms with Crippen molar-refractivity contribution in [3.8, 4) is 0 Å². The molecule has 0 spiro atoms. The summed E-state index contributed by atoms with van der Waals surface area (Å²) in [6, 6.07) is -1.73. The predicted molar refractivity (Wildman–Crippen MR) is 125 cm³/mol. The van der Waals surface area contributed by atoms with Crippen LogP contribution in [0.1, 0.15) is 66.2 Å². The van der Waals surface area contributed by atoms with Gasteiger partial charge in [-0.05, 0) is 56.3 Å². The van der Waals surface area contributed by atoms with E-state index in [1.807, 2.05) is 0 Å². The summed E-state index contributed by atoms with van der Waals surface area (Å²) in [5.41, 5.74) is -0.310. The van der Waals surface area contributed by atoms with Crippen molar-refractivity contribution < 1.29 is 47.7 Å². The number of amides is 2. The van der Waals surface area contributed by atoms with Crippen LogP contribution in [-0.2, 0) is 42.9 Å². The van der Waals surface area contributed by atoms with E-state index in [4.69, 9.17) is 23.7 Å². The van der Waals surface area contributed by atoms with Crippen molar-refractivity contribution in [2.45, 2.75) is 102 Å². The summed E-state index contributed by atoms with van der Waals surface area (Å²) in [6.45, 7) is 4.31. The van der Waals surface area contributed by atoms with E-state index in [0.29, 0.717) is 17.8 Å². The normalized spacial score (nSPS) is 37.7. The maximum atomic E-state index is 13.3. The van der Waals surface area contributed by atoms with Gasteiger partial charge < -0.3 is 34.3 Å². The van der Waals surface area contributed by atoms with Gasteiger partial charge in [0.05, 0.1) is 0 Å². The number of rotatable bonds is 7. The first-order valence-corrected chi connectivity index (χ1v) is 12.8. The van der Waals surface area contributed by atoms with Crippen molar-refractivity contribution in [2.75, 3.05) is 6.61 Å². The topological polar surface area (TPSA) is 156 Å². The Hall–Kier alpha value is -2.89. The molecule has 206 valence electrons. The third kappa shape index (κ3) is 6.52. The highest BCUT2D eigenvalue weighted by molar-refractivity contribution is 5.76. The molecule has 2 amide bonds. The number of urea groups is 1. The lowest BCUT2D eigenvalue weighted by molar-refractivity contribution is -0.270. The van der Waals surface area contributed by atoms with Gasteiger partial charge >= 0.3 is 29.9 Å². The molecule has 1 aliphatic heterocycles. The standard InChI is InChI=1S/C25H36N2O10/c1-12(28)33-11-19-21(34-13(2)29)22(35-14(3)30)20(23(37-19)36-15(4)31)26-24(32)27-25-8-16-5-17(9-25)7-18(6-16)10-25/h16-23H,5-11H2,1-4H3,(H2,26,27,32)/t16?,17?,18?,19-,20-,21-,22-,23-,25?/m1/s1. The van der Waals surface area contributed by atoms with Crippen molar-refractivity contribution >= 4 is 29.9 Å². The first kappa shape index (κ1) is 27.2. The molecule has 5 rings (SSSR count). The highest BCUT2D eigenvalue weighted by Gasteiger charge is 2.54. The molecule has 4 aliphatic carbocycles. The highest BCUT2D eigenvalue weighted by atomic mass is 16.7. The molecule has 12 nitrogen and oxygen atoms in total. The van der Waals surface area contributed by atoms with Gasteiger partial charge in [-0.3, -0.25) is 19.2 Å². The Bertz CT molecular complexity index is 901. The predicted octanol–water partition coefficient (Wildman–Crippen LogP) is 1.34. The molecule has 5 aliphatic rings. The first-order valence-electron chi connectivity index (χ1n) is 12.8. The van der Waals surface area contributed by atoms with Crippen LogP contribution in [0.2, 0.25) is 0 Å². The van der Waals surface area contributed by atoms with E-state index < -0.39 is 60.6 Å². The van der Waals surface area contributed by atoms with Gasteiger partial charge in [-0.25, -0.2) is 4.79 Å². The molecule has 1 heterocycles. The lowest BCUT2D eigenvalue weighted by Gasteiger charge is -2.57. The lowest BCUT2D eigenvalue weighted by Crippen LogP contribution is -2.69. The van der Waals surface area contributed by atoms with Crippen molar-refractivity contribution in [1.29, 1.82) is 0 Å². The summed E-state index contributed by atoms with van der Waals surface area (Å²) in [5, 5.41) is 5.93. The summed E-state index contributed by atoms with van der Waals surface area (Å²) in [4.78, 5) is 60.6. The lowest BCUT2D eigenvalue weighted by atomic mass is 9.53. The SMILES string of the molecule is CC(=O)OC[C@H]1O[C@@H](OC(C)=O)[C@H](NC(=O)NC23CC4CC(CC(C4)C2)C3)[C@@H](OC(C)=O)[C@@H]1OC(C)=O. The van der Waals surface area contributed by atoms with E-state index in [1.165, 1.54) is 26.2 Å². The Morgan fingerprint density at radius 1 is 0.757 bits per heavy atom. The molecule has 12 heteroatoms. The van der Waals surface area contributed by atoms with E-state index in [-0.39, 0.29) is 12.1 Å². The summed E-state index contributed by atoms with van der Waals surface area (Å²) in [6.07, 6.45) is 1.27. The van der Waals surface area contributed by atoms with E-state index in [1.54, 1.807) is 0 Å². The average Bonchev–Trinajstić information content (AvgIpc) is 2.74. The second-order valence-corrected chi connectivity index (χ2v) is 10.9. The number of ether oxygens (including phenoxy) is 5. The van der Waals surface area contributed by atoms with Crippen LogP contribution in [0.5, 0.6) is 0 Å². The Morgan fingerprint density at radius 3 is 1.76 bits per heavy atom. The molecule has 37 heavy (non-hydrogen) atoms. The molecule has 0 aromatic rings. The van der Waals surface area contributed by atoms with Gasteiger partial charge in [0.2, 0.25) is 6.29 Å². The number of carbonyl (C=O) groups excluding carboxylic acids is 5. The maximum absolute atomic E-state index is 13.3. The fraction of sp³-hybridized carbons (Fsp3) is 0.800. The second kappa shape index (κ2) is 10.8. The van der Waals surface area contributed by atoms with E-state index >= 15 is 0 Å². The van der Waals surface area contributed by atoms with Crippen LogP contribution in [-0.4, -0.2) is 72.7 Å². The fourth-order valence-electron chi connectivity index (χ4n) is 7.01. The quantitative estimate of drug-likeness (QED) is 0.368. The number of nitrogens with one attached hydrogen (secondary N) is 2. The number of esters is 4. The summed E-state index contributed by atoms with van der Waals surface area (Å²) >= 11 is 0. The Balaban J connectivity index is 1.57. The smallest absolute Gasteiger partial charge is 0.315 e. The highest BCUT2D eigenvalue weighted by Crippen LogP contribution is 2.55. The van der Waals surface area contributed by atoms with Crippen molar-refractivity contribution in [1.82, 2.24) is 10.6 Å². The summed E-state index contributed by atoms with van der Waals surface area (Å²) in [5.74, 6) is -0.954. The molecule has 1 saturated heterocycles. The molecule has 4 saturated carbocycles. The molecule has 0 aromatic carbocycles. The van der Waals surface area contributed by atoms with Crippen LogP contribution >= 0.6 is 0 Å². The van der Waals surface area contributed by atoms with Crippen molar-refractivity contribution in [2.24, 2.45) is 17.8 Å². The van der Waals surface area contributed by atoms with Crippen molar-refractivity contribution in [3.63, 3.8) is 0 Å². The third-order valence-corrected chi connectivity index (χ3v) is 7.70. The Labute approximate surface area is 215 Å². The largest absolute Gasteiger partial charge is 0.463 e. The zero-order chi connectivity index (χ0) is 26.9. The van der Waals surface area contributed by atoms with E-state index in [0.717, 1.165) is 40.0 Å². The third-order valence-electron chi connectivity index (χ3n) is 7.70. The Kier molecular flexibility index (Phi) is 7.96. The Morgan fingerprint density at radius 2 is 1.27 bits per heavy atom. The molecule has 0 aromatic heterocycles. The monoisotopic (exact) mass is 524 g/mol. The fourth-order valence-corrected chi connectivity index (χ4v) is 7.01. The minimum atomic E-state index is -1.41. The van der Waals surface area contributed by atoms with Crippen LogP contribution < -0.4 is 10.6 Å². The minimum Gasteiger partial charge on any atom is -0.463 e. The molecule has 2 N–H and O–H groups in total. The number of hydrogen-bond acceptors (Lipinski definition) is 10. The molecule has 5 fully saturated rings. The average molecular weight is 525 g/mol. The van der Waals surface area contributed by atoms with Gasteiger partial charge in [0.15, 0.2) is 12.2 Å². The van der Waals surface area contributed by atoms with Gasteiger partial charge in [0.25, 0.3) is 0 Å². The van der Waals surface area contributed by atoms with Crippen molar-refractivity contribution in [3.05, 3.63) is 0 Å². The van der Waals surface area contributed by atoms with Gasteiger partial charge in [-0.15, -0.1) is 0 Å². The molecule has 4 bridgehead atoms. The van der Waals surface area contributed by atoms with Crippen LogP contribution in [0.4, 0.5) is 4.79 Å². The second-order valence-electron chi connectivity index (χ2n) is 10.9. The first-order chi connectivity index (χ1) is 17.4. The van der Waals surface area contributed by atoms with Gasteiger partial charge in [-0.1, -0.05) is 0 Å². The molecular formula is C25H36N2O10. The molecule has 0 radical (unpaired) electrons. The molecule has 0 unspecified atom stereocenters. The van der Waals surface area contributed by atoms with Crippen LogP contribution in [0, 0.1) is 17.8 Å². The van der Waals surface area contributed by atoms with Gasteiger partial charge in [0.1, 0.15) is 18.8 Å². The van der Waals surface area contributed by atoms with Crippen LogP contribution in [0.25, 0.3) is 0 Å². The summed E-state index contributed by atoms with van der Waals surface area (Å²) < 4.78 is 27.1. The van der Waals surface area contributed by atoms with Gasteiger partial charge in [0, 0.05) is 33.2 Å². The number of carbonyl (C=O) groups is 5. The maximum Gasteiger partial charge on any atom is 0.315 e. The number of hydrogen-bond donors (Lipinski definition) is 2. The molecule has 5 atom stereocenters. The van der Waals surface area contributed by atoms with E-state index in [9.17, 15) is 24.0 Å². The summed E-state index contributed by atoms with van der Waals surface area (Å²) in [7, 11) is 0. The zero-order valence-corrected chi connectivity index (χ0v) is 21.7. The van der Waals surface area contributed by atoms with Gasteiger partial charge in [-0.2, -0.15) is 0 Å². The van der Waals surface area contributed by atoms with Crippen LogP contribution in [0.3, 0.4) is 0 Å².